The summed E-state index contributed by atoms with van der Waals surface area (Å²) in [4.78, 5) is 0. The number of para-hydroxylation sites is 1. The Labute approximate surface area is 128 Å². The molecule has 0 saturated carbocycles. The molecule has 2 N–H and O–H groups in total. The number of methoxy groups -OCH3 is 1. The van der Waals surface area contributed by atoms with E-state index in [9.17, 15) is 0 Å². The van der Waals surface area contributed by atoms with E-state index < -0.39 is 0 Å². The molecule has 0 unspecified atom stereocenters. The van der Waals surface area contributed by atoms with E-state index in [-0.39, 0.29) is 0 Å². The summed E-state index contributed by atoms with van der Waals surface area (Å²) in [6.07, 6.45) is 0. The van der Waals surface area contributed by atoms with Gasteiger partial charge in [0.2, 0.25) is 0 Å². The van der Waals surface area contributed by atoms with Gasteiger partial charge in [-0.25, -0.2) is 0 Å². The number of hydrogen-bond acceptors (Lipinski definition) is 2. The molecule has 0 atom stereocenters. The Hall–Kier alpha value is -1.78. The van der Waals surface area contributed by atoms with Crippen LogP contribution in [0.1, 0.15) is 5.56 Å². The Bertz CT molecular complexity index is 631. The SMILES string of the molecule is COc1ccc(C)cc1NC(=S)Nc1ccccc1Cl. The second-order valence-electron chi connectivity index (χ2n) is 4.26. The minimum Gasteiger partial charge on any atom is -0.495 e. The van der Waals surface area contributed by atoms with Gasteiger partial charge in [0.15, 0.2) is 5.11 Å². The van der Waals surface area contributed by atoms with E-state index in [1.165, 1.54) is 0 Å². The van der Waals surface area contributed by atoms with Gasteiger partial charge in [-0.05, 0) is 49.0 Å². The molecule has 2 rings (SSSR count). The minimum atomic E-state index is 0.460. The van der Waals surface area contributed by atoms with E-state index in [0.717, 1.165) is 22.7 Å². The average molecular weight is 307 g/mol. The summed E-state index contributed by atoms with van der Waals surface area (Å²) in [6, 6.07) is 13.3. The first-order valence-electron chi connectivity index (χ1n) is 6.07. The highest BCUT2D eigenvalue weighted by Gasteiger charge is 2.06. The van der Waals surface area contributed by atoms with E-state index in [2.05, 4.69) is 10.6 Å². The summed E-state index contributed by atoms with van der Waals surface area (Å²) in [6.45, 7) is 2.01. The lowest BCUT2D eigenvalue weighted by Gasteiger charge is -2.14. The van der Waals surface area contributed by atoms with Crippen molar-refractivity contribution >= 4 is 40.3 Å². The lowest BCUT2D eigenvalue weighted by Crippen LogP contribution is -2.19. The molecule has 0 aliphatic heterocycles. The first-order chi connectivity index (χ1) is 9.60. The fraction of sp³-hybridized carbons (Fsp3) is 0.133. The van der Waals surface area contributed by atoms with Crippen LogP contribution in [0.3, 0.4) is 0 Å². The van der Waals surface area contributed by atoms with Crippen molar-refractivity contribution in [2.24, 2.45) is 0 Å². The molecular formula is C15H15ClN2OS. The van der Waals surface area contributed by atoms with Crippen molar-refractivity contribution in [2.75, 3.05) is 17.7 Å². The number of benzene rings is 2. The second-order valence-corrected chi connectivity index (χ2v) is 5.08. The fourth-order valence-electron chi connectivity index (χ4n) is 1.76. The molecule has 0 spiro atoms. The van der Waals surface area contributed by atoms with E-state index in [1.54, 1.807) is 13.2 Å². The van der Waals surface area contributed by atoms with Crippen molar-refractivity contribution in [2.45, 2.75) is 6.92 Å². The zero-order valence-electron chi connectivity index (χ0n) is 11.2. The Balaban J connectivity index is 2.12. The summed E-state index contributed by atoms with van der Waals surface area (Å²) >= 11 is 11.4. The molecule has 0 heterocycles. The third-order valence-electron chi connectivity index (χ3n) is 2.73. The number of ether oxygens (including phenoxy) is 1. The Kier molecular flexibility index (Phi) is 4.82. The zero-order valence-corrected chi connectivity index (χ0v) is 12.8. The van der Waals surface area contributed by atoms with Crippen LogP contribution in [0.15, 0.2) is 42.5 Å². The maximum atomic E-state index is 6.08. The summed E-state index contributed by atoms with van der Waals surface area (Å²) in [5.41, 5.74) is 2.70. The quantitative estimate of drug-likeness (QED) is 0.820. The Morgan fingerprint density at radius 2 is 1.80 bits per heavy atom. The van der Waals surface area contributed by atoms with Gasteiger partial charge in [0, 0.05) is 0 Å². The van der Waals surface area contributed by atoms with Crippen molar-refractivity contribution in [3.8, 4) is 5.75 Å². The second kappa shape index (κ2) is 6.59. The van der Waals surface area contributed by atoms with Crippen LogP contribution in [0.2, 0.25) is 5.02 Å². The molecule has 0 aromatic heterocycles. The normalized spacial score (nSPS) is 9.95. The lowest BCUT2D eigenvalue weighted by molar-refractivity contribution is 0.417. The van der Waals surface area contributed by atoms with Gasteiger partial charge in [-0.2, -0.15) is 0 Å². The molecule has 2 aromatic rings. The molecule has 0 bridgehead atoms. The van der Waals surface area contributed by atoms with Crippen LogP contribution in [0.4, 0.5) is 11.4 Å². The van der Waals surface area contributed by atoms with Gasteiger partial charge in [-0.1, -0.05) is 29.8 Å². The smallest absolute Gasteiger partial charge is 0.175 e. The molecule has 0 aliphatic carbocycles. The maximum Gasteiger partial charge on any atom is 0.175 e. The fourth-order valence-corrected chi connectivity index (χ4v) is 2.16. The predicted octanol–water partition coefficient (Wildman–Crippen LogP) is 4.47. The summed E-state index contributed by atoms with van der Waals surface area (Å²) in [5, 5.41) is 7.26. The van der Waals surface area contributed by atoms with E-state index in [4.69, 9.17) is 28.6 Å². The summed E-state index contributed by atoms with van der Waals surface area (Å²) in [7, 11) is 1.63. The molecule has 0 radical (unpaired) electrons. The molecule has 104 valence electrons. The minimum absolute atomic E-state index is 0.460. The first-order valence-corrected chi connectivity index (χ1v) is 6.86. The molecule has 2 aromatic carbocycles. The maximum absolute atomic E-state index is 6.08. The van der Waals surface area contributed by atoms with Crippen molar-refractivity contribution in [1.29, 1.82) is 0 Å². The van der Waals surface area contributed by atoms with Gasteiger partial charge in [0.25, 0.3) is 0 Å². The van der Waals surface area contributed by atoms with E-state index in [1.807, 2.05) is 43.3 Å². The first kappa shape index (κ1) is 14.6. The molecule has 0 amide bonds. The number of hydrogen-bond donors (Lipinski definition) is 2. The zero-order chi connectivity index (χ0) is 14.5. The number of aryl methyl sites for hydroxylation is 1. The lowest BCUT2D eigenvalue weighted by atomic mass is 10.2. The molecule has 0 aliphatic rings. The van der Waals surface area contributed by atoms with Gasteiger partial charge >= 0.3 is 0 Å². The number of rotatable bonds is 3. The predicted molar refractivity (Wildman–Crippen MR) is 89.0 cm³/mol. The highest BCUT2D eigenvalue weighted by atomic mass is 35.5. The largest absolute Gasteiger partial charge is 0.495 e. The summed E-state index contributed by atoms with van der Waals surface area (Å²) in [5.74, 6) is 0.735. The van der Waals surface area contributed by atoms with Gasteiger partial charge in [-0.15, -0.1) is 0 Å². The average Bonchev–Trinajstić information content (AvgIpc) is 2.41. The molecule has 0 fully saturated rings. The van der Waals surface area contributed by atoms with Gasteiger partial charge in [0.05, 0.1) is 23.5 Å². The third-order valence-corrected chi connectivity index (χ3v) is 3.26. The van der Waals surface area contributed by atoms with Gasteiger partial charge in [0.1, 0.15) is 5.75 Å². The van der Waals surface area contributed by atoms with Crippen LogP contribution < -0.4 is 15.4 Å². The Morgan fingerprint density at radius 1 is 1.10 bits per heavy atom. The van der Waals surface area contributed by atoms with Crippen LogP contribution >= 0.6 is 23.8 Å². The molecule has 20 heavy (non-hydrogen) atoms. The van der Waals surface area contributed by atoms with Crippen molar-refractivity contribution in [3.05, 3.63) is 53.1 Å². The van der Waals surface area contributed by atoms with Crippen LogP contribution in [0.25, 0.3) is 0 Å². The third kappa shape index (κ3) is 3.62. The standard InChI is InChI=1S/C15H15ClN2OS/c1-10-7-8-14(19-2)13(9-10)18-15(20)17-12-6-4-3-5-11(12)16/h3-9H,1-2H3,(H2,17,18,20). The molecular weight excluding hydrogens is 292 g/mol. The summed E-state index contributed by atoms with van der Waals surface area (Å²) < 4.78 is 5.30. The molecule has 3 nitrogen and oxygen atoms in total. The monoisotopic (exact) mass is 306 g/mol. The van der Waals surface area contributed by atoms with Crippen LogP contribution in [-0.4, -0.2) is 12.2 Å². The van der Waals surface area contributed by atoms with Crippen molar-refractivity contribution in [3.63, 3.8) is 0 Å². The number of anilines is 2. The number of thiocarbonyl (C=S) groups is 1. The highest BCUT2D eigenvalue weighted by molar-refractivity contribution is 7.80. The van der Waals surface area contributed by atoms with Crippen LogP contribution in [0, 0.1) is 6.92 Å². The van der Waals surface area contributed by atoms with Crippen LogP contribution in [-0.2, 0) is 0 Å². The van der Waals surface area contributed by atoms with E-state index in [0.29, 0.717) is 10.1 Å². The van der Waals surface area contributed by atoms with E-state index >= 15 is 0 Å². The van der Waals surface area contributed by atoms with Crippen molar-refractivity contribution in [1.82, 2.24) is 0 Å². The highest BCUT2D eigenvalue weighted by Crippen LogP contribution is 2.26. The van der Waals surface area contributed by atoms with Crippen LogP contribution in [0.5, 0.6) is 5.75 Å². The topological polar surface area (TPSA) is 33.3 Å². The van der Waals surface area contributed by atoms with Crippen molar-refractivity contribution < 1.29 is 4.74 Å². The van der Waals surface area contributed by atoms with Gasteiger partial charge < -0.3 is 15.4 Å². The number of nitrogens with one attached hydrogen (secondary N) is 2. The molecule has 0 saturated heterocycles. The number of halogens is 1. The molecule has 5 heteroatoms. The Morgan fingerprint density at radius 3 is 2.50 bits per heavy atom. The van der Waals surface area contributed by atoms with Gasteiger partial charge in [-0.3, -0.25) is 0 Å².